The van der Waals surface area contributed by atoms with Crippen molar-refractivity contribution in [3.05, 3.63) is 0 Å². The Kier molecular flexibility index (Phi) is 21.0. The van der Waals surface area contributed by atoms with Crippen LogP contribution in [0, 0.1) is 0 Å². The first kappa shape index (κ1) is 56.0. The summed E-state index contributed by atoms with van der Waals surface area (Å²) in [7, 11) is -3.38. The summed E-state index contributed by atoms with van der Waals surface area (Å²) >= 11 is 35.2. The molecule has 0 unspecified atom stereocenters. The molecule has 0 aromatic rings. The molecule has 3 aliphatic rings. The second-order valence-electron chi connectivity index (χ2n) is 17.2. The highest BCUT2D eigenvalue weighted by Crippen LogP contribution is 2.55. The van der Waals surface area contributed by atoms with E-state index in [-0.39, 0.29) is 13.2 Å². The molecule has 0 aromatic carbocycles. The molecule has 18 nitrogen and oxygen atoms in total. The summed E-state index contributed by atoms with van der Waals surface area (Å²) in [4.78, 5) is 64.3. The van der Waals surface area contributed by atoms with Crippen LogP contribution in [0.5, 0.6) is 0 Å². The zero-order valence-corrected chi connectivity index (χ0v) is 42.4. The van der Waals surface area contributed by atoms with Crippen molar-refractivity contribution in [2.45, 2.75) is 174 Å². The van der Waals surface area contributed by atoms with Gasteiger partial charge in [-0.15, -0.1) is 0 Å². The van der Waals surface area contributed by atoms with Gasteiger partial charge in [0.1, 0.15) is 37.6 Å². The van der Waals surface area contributed by atoms with E-state index in [9.17, 15) is 24.0 Å². The Labute approximate surface area is 398 Å². The van der Waals surface area contributed by atoms with Crippen LogP contribution < -0.4 is 5.32 Å². The van der Waals surface area contributed by atoms with E-state index in [4.69, 9.17) is 126 Å². The molecule has 3 heterocycles. The summed E-state index contributed by atoms with van der Waals surface area (Å²) in [5, 5.41) is 1.40. The number of ether oxygens (including phenoxy) is 10. The summed E-state index contributed by atoms with van der Waals surface area (Å²) in [6.07, 6.45) is -11.5. The number of carbonyl (C=O) groups is 5. The fraction of sp³-hybridized carbons (Fsp3) is 0.868. The smallest absolute Gasteiger partial charge is 0.456 e. The van der Waals surface area contributed by atoms with Crippen LogP contribution in [-0.4, -0.2) is 141 Å². The summed E-state index contributed by atoms with van der Waals surface area (Å²) in [5.41, 5.74) is 0. The Bertz CT molecular complexity index is 1540. The van der Waals surface area contributed by atoms with Crippen LogP contribution in [0.4, 0.5) is 9.59 Å². The van der Waals surface area contributed by atoms with Gasteiger partial charge in [-0.2, -0.15) is 0 Å². The maximum absolute atomic E-state index is 13.5. The quantitative estimate of drug-likeness (QED) is 0.0517. The Morgan fingerprint density at radius 2 is 1.22 bits per heavy atom. The van der Waals surface area contributed by atoms with E-state index in [2.05, 4.69) is 5.32 Å². The zero-order chi connectivity index (χ0) is 47.7. The third-order valence-corrected chi connectivity index (χ3v) is 15.6. The summed E-state index contributed by atoms with van der Waals surface area (Å²) in [6.45, 7) is 15.2. The van der Waals surface area contributed by atoms with E-state index >= 15 is 0 Å². The Morgan fingerprint density at radius 1 is 0.667 bits per heavy atom. The molecular weight excluding hydrogens is 983 g/mol. The number of rotatable bonds is 16. The number of hydrogen-bond donors (Lipinski definition) is 1. The van der Waals surface area contributed by atoms with Gasteiger partial charge in [0.15, 0.2) is 37.0 Å². The van der Waals surface area contributed by atoms with E-state index < -0.39 is 138 Å². The summed E-state index contributed by atoms with van der Waals surface area (Å²) in [6, 6.07) is -1.53. The first-order valence-electron chi connectivity index (χ1n) is 20.3. The van der Waals surface area contributed by atoms with Crippen molar-refractivity contribution in [1.82, 2.24) is 5.32 Å². The van der Waals surface area contributed by atoms with Crippen LogP contribution in [0.3, 0.4) is 0 Å². The molecule has 3 aliphatic heterocycles. The topological polar surface area (TPSA) is 208 Å². The number of nitrogens with one attached hydrogen (secondary N) is 1. The van der Waals surface area contributed by atoms with Gasteiger partial charge >= 0.3 is 38.7 Å². The molecule has 3 saturated heterocycles. The first-order valence-corrected chi connectivity index (χ1v) is 24.3. The van der Waals surface area contributed by atoms with Gasteiger partial charge in [0, 0.05) is 37.5 Å². The van der Waals surface area contributed by atoms with Crippen LogP contribution >= 0.6 is 69.6 Å². The number of amides is 1. The lowest BCUT2D eigenvalue weighted by atomic mass is 9.96. The van der Waals surface area contributed by atoms with Crippen molar-refractivity contribution in [3.8, 4) is 0 Å². The van der Waals surface area contributed by atoms with Crippen molar-refractivity contribution in [1.29, 1.82) is 0 Å². The van der Waals surface area contributed by atoms with Gasteiger partial charge in [-0.05, 0) is 6.42 Å². The number of hydrogen-bond acceptors (Lipinski definition) is 17. The first-order chi connectivity index (χ1) is 29.0. The van der Waals surface area contributed by atoms with Gasteiger partial charge in [-0.1, -0.05) is 137 Å². The minimum absolute atomic E-state index is 0.0959. The average molecular weight is 1040 g/mol. The molecular formula is C38H59Cl6NO17Si. The second-order valence-corrected chi connectivity index (χ2v) is 27.0. The molecule has 10 atom stereocenters. The normalized spacial score (nSPS) is 28.8. The van der Waals surface area contributed by atoms with Gasteiger partial charge < -0.3 is 61.5 Å². The van der Waals surface area contributed by atoms with Gasteiger partial charge in [-0.3, -0.25) is 14.4 Å². The third kappa shape index (κ3) is 16.7. The molecule has 25 heteroatoms. The largest absolute Gasteiger partial charge is 0.508 e. The van der Waals surface area contributed by atoms with Crippen molar-refractivity contribution < 1.29 is 80.2 Å². The van der Waals surface area contributed by atoms with Crippen molar-refractivity contribution in [3.63, 3.8) is 0 Å². The van der Waals surface area contributed by atoms with Gasteiger partial charge in [0.05, 0.1) is 13.2 Å². The minimum atomic E-state index is -3.38. The highest BCUT2D eigenvalue weighted by Gasteiger charge is 2.66. The average Bonchev–Trinajstić information content (AvgIpc) is 3.13. The van der Waals surface area contributed by atoms with Crippen LogP contribution in [0.2, 0.25) is 10.1 Å². The lowest BCUT2D eigenvalue weighted by molar-refractivity contribution is -0.325. The number of carbonyl (C=O) groups excluding carboxylic acids is 5. The third-order valence-electron chi connectivity index (χ3n) is 9.81. The predicted molar refractivity (Wildman–Crippen MR) is 231 cm³/mol. The number of unbranched alkanes of at least 4 members (excludes halogenated alkanes) is 3. The molecule has 0 saturated carbocycles. The number of alkyl halides is 6. The zero-order valence-electron chi connectivity index (χ0n) is 36.8. The maximum Gasteiger partial charge on any atom is 0.508 e. The summed E-state index contributed by atoms with van der Waals surface area (Å²) < 4.78 is 67.7. The molecule has 0 bridgehead atoms. The van der Waals surface area contributed by atoms with Crippen molar-refractivity contribution in [2.24, 2.45) is 0 Å². The number of alkyl carbamates (subject to hydrolysis) is 1. The minimum Gasteiger partial charge on any atom is -0.456 e. The fourth-order valence-electron chi connectivity index (χ4n) is 7.60. The molecule has 0 aromatic heterocycles. The van der Waals surface area contributed by atoms with E-state index in [0.717, 1.165) is 40.0 Å². The molecule has 0 radical (unpaired) electrons. The predicted octanol–water partition coefficient (Wildman–Crippen LogP) is 7.66. The Balaban J connectivity index is 2.14. The standard InChI is InChI=1S/C38H59Cl6NO17Si/c1-11-12-13-14-15-51-32-30(58-22(4)48)29(57-21(3)47)26(56-20(2)46)23(60-32)16-52-31-25(45-33(49)53-18-37(39,40)41)28(61-34(50)54-19-38(42,43)44)27-24(59-31)17-55-63(62-27,35(5,6)7)36(8,9)10/h23-32H,11-19H2,1-10H3,(H,45,49)/t23-,24-,25-,26-,27+,28-,29+,30-,31+,32-/m1/s1. The van der Waals surface area contributed by atoms with Crippen LogP contribution in [0.1, 0.15) is 94.9 Å². The molecule has 63 heavy (non-hydrogen) atoms. The van der Waals surface area contributed by atoms with Crippen LogP contribution in [0.15, 0.2) is 0 Å². The monoisotopic (exact) mass is 1040 g/mol. The van der Waals surface area contributed by atoms with Gasteiger partial charge in [0.25, 0.3) is 0 Å². The van der Waals surface area contributed by atoms with E-state index in [1.807, 2.05) is 48.5 Å². The number of esters is 3. The molecule has 0 aliphatic carbocycles. The number of fused-ring (bicyclic) bond motifs is 1. The van der Waals surface area contributed by atoms with Crippen molar-refractivity contribution >= 4 is 108 Å². The van der Waals surface area contributed by atoms with Gasteiger partial charge in [-0.25, -0.2) is 9.59 Å². The molecule has 3 fully saturated rings. The van der Waals surface area contributed by atoms with Gasteiger partial charge in [0.2, 0.25) is 7.59 Å². The van der Waals surface area contributed by atoms with E-state index in [1.165, 1.54) is 0 Å². The highest BCUT2D eigenvalue weighted by molar-refractivity contribution is 6.73. The summed E-state index contributed by atoms with van der Waals surface area (Å²) in [5.74, 6) is -2.39. The van der Waals surface area contributed by atoms with Crippen LogP contribution in [0.25, 0.3) is 0 Å². The molecule has 3 rings (SSSR count). The fourth-order valence-corrected chi connectivity index (χ4v) is 12.9. The maximum atomic E-state index is 13.5. The lowest BCUT2D eigenvalue weighted by Crippen LogP contribution is -2.74. The van der Waals surface area contributed by atoms with E-state index in [0.29, 0.717) is 6.42 Å². The molecule has 0 spiro atoms. The van der Waals surface area contributed by atoms with Crippen LogP contribution in [-0.2, 0) is 70.6 Å². The highest BCUT2D eigenvalue weighted by atomic mass is 35.6. The lowest BCUT2D eigenvalue weighted by Gasteiger charge is -2.57. The molecule has 1 N–H and O–H groups in total. The SMILES string of the molecule is CCCCCCO[C@@H]1O[C@H](CO[C@H]2O[C@@H]3CO[Si](C(C)(C)C)(C(C)(C)C)O[C@@H]3[C@H](OC(=O)OCC(Cl)(Cl)Cl)[C@H]2NC(=O)OCC(Cl)(Cl)Cl)[C@@H](OC(C)=O)[C@H](OC(C)=O)[C@H]1OC(C)=O. The number of halogens is 6. The molecule has 1 amide bonds. The second kappa shape index (κ2) is 23.6. The Morgan fingerprint density at radius 3 is 1.76 bits per heavy atom. The van der Waals surface area contributed by atoms with E-state index in [1.54, 1.807) is 0 Å². The molecule has 364 valence electrons. The van der Waals surface area contributed by atoms with Crippen molar-refractivity contribution in [2.75, 3.05) is 33.0 Å². The Hall–Kier alpha value is -1.33.